The molecule has 2 aliphatic heterocycles. The number of nitrogens with one attached hydrogen (secondary N) is 1. The van der Waals surface area contributed by atoms with Crippen molar-refractivity contribution in [2.45, 2.75) is 13.0 Å². The first-order valence-electron chi connectivity index (χ1n) is 7.89. The highest BCUT2D eigenvalue weighted by molar-refractivity contribution is 5.49. The van der Waals surface area contributed by atoms with Crippen LogP contribution >= 0.6 is 0 Å². The number of fused-ring (bicyclic) bond motifs is 1. The van der Waals surface area contributed by atoms with Gasteiger partial charge in [0, 0.05) is 64.3 Å². The molecule has 0 spiro atoms. The fourth-order valence-corrected chi connectivity index (χ4v) is 3.05. The summed E-state index contributed by atoms with van der Waals surface area (Å²) in [5.74, 6) is 1.15. The van der Waals surface area contributed by atoms with E-state index >= 15 is 0 Å². The normalized spacial score (nSPS) is 19.9. The van der Waals surface area contributed by atoms with Crippen molar-refractivity contribution < 1.29 is 0 Å². The van der Waals surface area contributed by atoms with E-state index < -0.39 is 0 Å². The lowest BCUT2D eigenvalue weighted by molar-refractivity contribution is 0.229. The standard InChI is InChI=1S/C15H26N6/c1-19(2)5-6-20-7-9-21(10-8-20)15-13-11-16-4-3-14(13)17-12-18-15/h12,16H,3-11H2,1-2H3. The smallest absolute Gasteiger partial charge is 0.136 e. The number of piperazine rings is 1. The molecule has 0 amide bonds. The van der Waals surface area contributed by atoms with Crippen molar-refractivity contribution in [3.8, 4) is 0 Å². The maximum atomic E-state index is 4.56. The summed E-state index contributed by atoms with van der Waals surface area (Å²) in [6.07, 6.45) is 2.76. The summed E-state index contributed by atoms with van der Waals surface area (Å²) in [6.45, 7) is 8.61. The van der Waals surface area contributed by atoms with Crippen molar-refractivity contribution in [1.82, 2.24) is 25.1 Å². The van der Waals surface area contributed by atoms with Crippen LogP contribution in [0.4, 0.5) is 5.82 Å². The Balaban J connectivity index is 1.62. The lowest BCUT2D eigenvalue weighted by Gasteiger charge is -2.37. The number of hydrogen-bond acceptors (Lipinski definition) is 6. The van der Waals surface area contributed by atoms with E-state index in [-0.39, 0.29) is 0 Å². The van der Waals surface area contributed by atoms with E-state index in [4.69, 9.17) is 0 Å². The Bertz CT molecular complexity index is 467. The molecule has 1 N–H and O–H groups in total. The van der Waals surface area contributed by atoms with Crippen LogP contribution in [-0.2, 0) is 13.0 Å². The fourth-order valence-electron chi connectivity index (χ4n) is 3.05. The minimum absolute atomic E-state index is 0.909. The van der Waals surface area contributed by atoms with Gasteiger partial charge in [-0.3, -0.25) is 4.90 Å². The van der Waals surface area contributed by atoms with Crippen molar-refractivity contribution in [2.24, 2.45) is 0 Å². The maximum Gasteiger partial charge on any atom is 0.136 e. The highest BCUT2D eigenvalue weighted by Crippen LogP contribution is 2.23. The predicted octanol–water partition coefficient (Wildman–Crippen LogP) is -0.194. The Hall–Kier alpha value is -1.24. The SMILES string of the molecule is CN(C)CCN1CCN(c2ncnc3c2CNCC3)CC1. The third-order valence-corrected chi connectivity index (χ3v) is 4.39. The summed E-state index contributed by atoms with van der Waals surface area (Å²) in [5, 5.41) is 3.44. The average molecular weight is 290 g/mol. The highest BCUT2D eigenvalue weighted by atomic mass is 15.3. The second kappa shape index (κ2) is 6.68. The molecule has 2 aliphatic rings. The van der Waals surface area contributed by atoms with E-state index in [0.29, 0.717) is 0 Å². The van der Waals surface area contributed by atoms with Gasteiger partial charge in [0.1, 0.15) is 12.1 Å². The van der Waals surface area contributed by atoms with Crippen LogP contribution in [0.5, 0.6) is 0 Å². The van der Waals surface area contributed by atoms with Crippen molar-refractivity contribution in [3.63, 3.8) is 0 Å². The fraction of sp³-hybridized carbons (Fsp3) is 0.733. The Morgan fingerprint density at radius 1 is 1.19 bits per heavy atom. The molecule has 116 valence electrons. The molecule has 1 saturated heterocycles. The molecule has 0 aromatic carbocycles. The summed E-state index contributed by atoms with van der Waals surface area (Å²) in [4.78, 5) is 16.2. The third kappa shape index (κ3) is 3.51. The zero-order valence-electron chi connectivity index (χ0n) is 13.2. The number of likely N-dealkylation sites (N-methyl/N-ethyl adjacent to an activating group) is 1. The molecule has 0 unspecified atom stereocenters. The maximum absolute atomic E-state index is 4.56. The van der Waals surface area contributed by atoms with E-state index in [0.717, 1.165) is 64.6 Å². The number of nitrogens with zero attached hydrogens (tertiary/aromatic N) is 5. The topological polar surface area (TPSA) is 47.5 Å². The summed E-state index contributed by atoms with van der Waals surface area (Å²) >= 11 is 0. The second-order valence-electron chi connectivity index (χ2n) is 6.18. The quantitative estimate of drug-likeness (QED) is 0.829. The van der Waals surface area contributed by atoms with Crippen molar-refractivity contribution in [3.05, 3.63) is 17.6 Å². The van der Waals surface area contributed by atoms with Crippen LogP contribution in [0, 0.1) is 0 Å². The molecule has 0 atom stereocenters. The molecule has 3 heterocycles. The van der Waals surface area contributed by atoms with Gasteiger partial charge in [-0.1, -0.05) is 0 Å². The average Bonchev–Trinajstić information content (AvgIpc) is 2.53. The molecular weight excluding hydrogens is 264 g/mol. The Kier molecular flexibility index (Phi) is 4.67. The molecule has 0 saturated carbocycles. The van der Waals surface area contributed by atoms with E-state index in [1.54, 1.807) is 6.33 Å². The largest absolute Gasteiger partial charge is 0.354 e. The molecule has 3 rings (SSSR count). The minimum atomic E-state index is 0.909. The first kappa shape index (κ1) is 14.7. The number of rotatable bonds is 4. The van der Waals surface area contributed by atoms with Gasteiger partial charge in [-0.05, 0) is 14.1 Å². The van der Waals surface area contributed by atoms with Gasteiger partial charge in [0.15, 0.2) is 0 Å². The predicted molar refractivity (Wildman–Crippen MR) is 84.6 cm³/mol. The monoisotopic (exact) mass is 290 g/mol. The lowest BCUT2D eigenvalue weighted by Crippen LogP contribution is -2.48. The summed E-state index contributed by atoms with van der Waals surface area (Å²) in [5.41, 5.74) is 2.54. The molecule has 6 heteroatoms. The molecule has 6 nitrogen and oxygen atoms in total. The van der Waals surface area contributed by atoms with Crippen LogP contribution < -0.4 is 10.2 Å². The van der Waals surface area contributed by atoms with Crippen LogP contribution in [-0.4, -0.2) is 79.7 Å². The van der Waals surface area contributed by atoms with Crippen LogP contribution in [0.3, 0.4) is 0 Å². The van der Waals surface area contributed by atoms with Crippen molar-refractivity contribution in [2.75, 3.05) is 64.8 Å². The lowest BCUT2D eigenvalue weighted by atomic mass is 10.1. The molecule has 21 heavy (non-hydrogen) atoms. The van der Waals surface area contributed by atoms with Crippen molar-refractivity contribution >= 4 is 5.82 Å². The Labute approximate surface area is 127 Å². The van der Waals surface area contributed by atoms with Gasteiger partial charge in [-0.25, -0.2) is 9.97 Å². The van der Waals surface area contributed by atoms with Gasteiger partial charge in [0.05, 0.1) is 5.69 Å². The zero-order chi connectivity index (χ0) is 14.7. The first-order valence-corrected chi connectivity index (χ1v) is 7.89. The number of hydrogen-bond donors (Lipinski definition) is 1. The van der Waals surface area contributed by atoms with E-state index in [2.05, 4.69) is 44.1 Å². The molecule has 1 aromatic heterocycles. The van der Waals surface area contributed by atoms with Crippen LogP contribution in [0.15, 0.2) is 6.33 Å². The van der Waals surface area contributed by atoms with Gasteiger partial charge >= 0.3 is 0 Å². The van der Waals surface area contributed by atoms with Gasteiger partial charge in [-0.15, -0.1) is 0 Å². The Morgan fingerprint density at radius 2 is 2.00 bits per heavy atom. The Morgan fingerprint density at radius 3 is 2.76 bits per heavy atom. The number of aromatic nitrogens is 2. The highest BCUT2D eigenvalue weighted by Gasteiger charge is 2.23. The van der Waals surface area contributed by atoms with Crippen LogP contribution in [0.25, 0.3) is 0 Å². The van der Waals surface area contributed by atoms with Gasteiger partial charge < -0.3 is 15.1 Å². The number of anilines is 1. The van der Waals surface area contributed by atoms with E-state index in [1.807, 2.05) is 0 Å². The third-order valence-electron chi connectivity index (χ3n) is 4.39. The molecule has 1 aromatic rings. The zero-order valence-corrected chi connectivity index (χ0v) is 13.2. The van der Waals surface area contributed by atoms with Crippen LogP contribution in [0.1, 0.15) is 11.3 Å². The molecule has 0 radical (unpaired) electrons. The van der Waals surface area contributed by atoms with Crippen molar-refractivity contribution in [1.29, 1.82) is 0 Å². The second-order valence-corrected chi connectivity index (χ2v) is 6.18. The summed E-state index contributed by atoms with van der Waals surface area (Å²) in [7, 11) is 4.27. The first-order chi connectivity index (χ1) is 10.2. The van der Waals surface area contributed by atoms with E-state index in [1.165, 1.54) is 11.3 Å². The van der Waals surface area contributed by atoms with Gasteiger partial charge in [-0.2, -0.15) is 0 Å². The molecule has 0 bridgehead atoms. The van der Waals surface area contributed by atoms with Gasteiger partial charge in [0.2, 0.25) is 0 Å². The molecular formula is C15H26N6. The van der Waals surface area contributed by atoms with Gasteiger partial charge in [0.25, 0.3) is 0 Å². The minimum Gasteiger partial charge on any atom is -0.354 e. The van der Waals surface area contributed by atoms with Crippen LogP contribution in [0.2, 0.25) is 0 Å². The summed E-state index contributed by atoms with van der Waals surface area (Å²) < 4.78 is 0. The molecule has 0 aliphatic carbocycles. The summed E-state index contributed by atoms with van der Waals surface area (Å²) in [6, 6.07) is 0. The van der Waals surface area contributed by atoms with E-state index in [9.17, 15) is 0 Å². The molecule has 1 fully saturated rings.